The molecule has 19 heavy (non-hydrogen) atoms. The molecule has 1 heterocycles. The minimum Gasteiger partial charge on any atom is -0.347 e. The highest BCUT2D eigenvalue weighted by Crippen LogP contribution is 2.15. The van der Waals surface area contributed by atoms with E-state index >= 15 is 0 Å². The van der Waals surface area contributed by atoms with Gasteiger partial charge in [-0.2, -0.15) is 0 Å². The van der Waals surface area contributed by atoms with Crippen LogP contribution in [0.4, 0.5) is 0 Å². The second-order valence-electron chi connectivity index (χ2n) is 3.82. The fourth-order valence-corrected chi connectivity index (χ4v) is 2.36. The zero-order valence-corrected chi connectivity index (χ0v) is 11.2. The summed E-state index contributed by atoms with van der Waals surface area (Å²) in [5, 5.41) is 2.88. The smallest absolute Gasteiger partial charge is 0.251 e. The molecule has 0 bridgehead atoms. The van der Waals surface area contributed by atoms with Crippen LogP contribution in [0, 0.1) is 11.8 Å². The van der Waals surface area contributed by atoms with E-state index in [0.29, 0.717) is 18.7 Å². The van der Waals surface area contributed by atoms with E-state index < -0.39 is 0 Å². The van der Waals surface area contributed by atoms with Crippen molar-refractivity contribution < 1.29 is 4.79 Å². The fourth-order valence-electron chi connectivity index (χ4n) is 1.54. The molecule has 2 aromatic rings. The van der Waals surface area contributed by atoms with E-state index in [1.54, 1.807) is 23.5 Å². The first-order chi connectivity index (χ1) is 9.29. The monoisotopic (exact) mass is 270 g/mol. The molecular weight excluding hydrogens is 256 g/mol. The van der Waals surface area contributed by atoms with Crippen LogP contribution in [-0.4, -0.2) is 12.5 Å². The first kappa shape index (κ1) is 13.3. The standard InChI is InChI=1S/C15H14N2OS/c16-10-4-7-13-8-9-14(19-13)11-17-15(18)12-5-2-1-3-6-12/h1-3,5-6,8-9H,10-11,16H2,(H,17,18). The van der Waals surface area contributed by atoms with E-state index in [9.17, 15) is 4.79 Å². The molecule has 0 unspecified atom stereocenters. The molecule has 0 atom stereocenters. The Balaban J connectivity index is 1.92. The largest absolute Gasteiger partial charge is 0.347 e. The molecule has 0 saturated heterocycles. The predicted molar refractivity (Wildman–Crippen MR) is 77.9 cm³/mol. The van der Waals surface area contributed by atoms with Gasteiger partial charge in [0.1, 0.15) is 0 Å². The molecule has 1 amide bonds. The molecule has 1 aromatic heterocycles. The van der Waals surface area contributed by atoms with E-state index in [1.807, 2.05) is 30.3 Å². The molecule has 0 aliphatic carbocycles. The van der Waals surface area contributed by atoms with Gasteiger partial charge in [0.05, 0.1) is 18.0 Å². The normalized spacial score (nSPS) is 9.53. The van der Waals surface area contributed by atoms with Gasteiger partial charge >= 0.3 is 0 Å². The van der Waals surface area contributed by atoms with Crippen LogP contribution in [0.2, 0.25) is 0 Å². The molecule has 0 aliphatic heterocycles. The Hall–Kier alpha value is -2.09. The lowest BCUT2D eigenvalue weighted by molar-refractivity contribution is 0.0951. The van der Waals surface area contributed by atoms with Gasteiger partial charge in [0.2, 0.25) is 0 Å². The number of amides is 1. The molecule has 3 N–H and O–H groups in total. The van der Waals surface area contributed by atoms with Crippen molar-refractivity contribution in [1.29, 1.82) is 0 Å². The third kappa shape index (κ3) is 3.95. The Morgan fingerprint density at radius 2 is 2.00 bits per heavy atom. The lowest BCUT2D eigenvalue weighted by atomic mass is 10.2. The van der Waals surface area contributed by atoms with Crippen molar-refractivity contribution in [2.45, 2.75) is 6.54 Å². The Morgan fingerprint density at radius 1 is 1.21 bits per heavy atom. The maximum Gasteiger partial charge on any atom is 0.251 e. The van der Waals surface area contributed by atoms with Crippen molar-refractivity contribution in [2.24, 2.45) is 5.73 Å². The van der Waals surface area contributed by atoms with E-state index in [1.165, 1.54) is 0 Å². The highest BCUT2D eigenvalue weighted by molar-refractivity contribution is 7.12. The predicted octanol–water partition coefficient (Wildman–Crippen LogP) is 1.99. The van der Waals surface area contributed by atoms with Crippen LogP contribution in [0.1, 0.15) is 20.1 Å². The maximum absolute atomic E-state index is 11.8. The van der Waals surface area contributed by atoms with Crippen molar-refractivity contribution in [2.75, 3.05) is 6.54 Å². The molecule has 0 aliphatic rings. The van der Waals surface area contributed by atoms with E-state index in [0.717, 1.165) is 9.75 Å². The molecule has 0 spiro atoms. The highest BCUT2D eigenvalue weighted by atomic mass is 32.1. The molecule has 0 saturated carbocycles. The van der Waals surface area contributed by atoms with Crippen LogP contribution >= 0.6 is 11.3 Å². The Bertz CT molecular complexity index is 608. The van der Waals surface area contributed by atoms with Crippen molar-refractivity contribution in [3.63, 3.8) is 0 Å². The Morgan fingerprint density at radius 3 is 2.74 bits per heavy atom. The van der Waals surface area contributed by atoms with Crippen molar-refractivity contribution in [3.05, 3.63) is 57.8 Å². The van der Waals surface area contributed by atoms with Crippen molar-refractivity contribution in [3.8, 4) is 11.8 Å². The van der Waals surface area contributed by atoms with Gasteiger partial charge in [-0.3, -0.25) is 4.79 Å². The van der Waals surface area contributed by atoms with Gasteiger partial charge in [0.25, 0.3) is 5.91 Å². The van der Waals surface area contributed by atoms with Gasteiger partial charge in [-0.15, -0.1) is 11.3 Å². The number of benzene rings is 1. The second-order valence-corrected chi connectivity index (χ2v) is 4.99. The third-order valence-corrected chi connectivity index (χ3v) is 3.44. The van der Waals surface area contributed by atoms with Gasteiger partial charge in [0, 0.05) is 10.4 Å². The van der Waals surface area contributed by atoms with Gasteiger partial charge < -0.3 is 11.1 Å². The second kappa shape index (κ2) is 6.74. The number of hydrogen-bond acceptors (Lipinski definition) is 3. The number of nitrogens with one attached hydrogen (secondary N) is 1. The average molecular weight is 270 g/mol. The summed E-state index contributed by atoms with van der Waals surface area (Å²) < 4.78 is 0. The Kier molecular flexibility index (Phi) is 4.73. The van der Waals surface area contributed by atoms with Gasteiger partial charge in [-0.25, -0.2) is 0 Å². The first-order valence-electron chi connectivity index (χ1n) is 5.90. The SMILES string of the molecule is NCC#Cc1ccc(CNC(=O)c2ccccc2)s1. The summed E-state index contributed by atoms with van der Waals surface area (Å²) in [7, 11) is 0. The zero-order chi connectivity index (χ0) is 13.5. The number of hydrogen-bond donors (Lipinski definition) is 2. The molecule has 3 nitrogen and oxygen atoms in total. The number of carbonyl (C=O) groups excluding carboxylic acids is 1. The molecule has 0 fully saturated rings. The lowest BCUT2D eigenvalue weighted by Crippen LogP contribution is -2.22. The number of nitrogens with two attached hydrogens (primary N) is 1. The summed E-state index contributed by atoms with van der Waals surface area (Å²) in [4.78, 5) is 13.9. The summed E-state index contributed by atoms with van der Waals surface area (Å²) >= 11 is 1.57. The fraction of sp³-hybridized carbons (Fsp3) is 0.133. The lowest BCUT2D eigenvalue weighted by Gasteiger charge is -2.02. The quantitative estimate of drug-likeness (QED) is 0.838. The maximum atomic E-state index is 11.8. The van der Waals surface area contributed by atoms with Crippen LogP contribution in [0.25, 0.3) is 0 Å². The zero-order valence-electron chi connectivity index (χ0n) is 10.3. The number of rotatable bonds is 3. The molecule has 0 radical (unpaired) electrons. The van der Waals surface area contributed by atoms with Gasteiger partial charge in [-0.05, 0) is 24.3 Å². The average Bonchev–Trinajstić information content (AvgIpc) is 2.91. The molecule has 96 valence electrons. The van der Waals surface area contributed by atoms with Crippen molar-refractivity contribution >= 4 is 17.2 Å². The summed E-state index contributed by atoms with van der Waals surface area (Å²) in [6, 6.07) is 13.1. The summed E-state index contributed by atoms with van der Waals surface area (Å²) in [6.07, 6.45) is 0. The van der Waals surface area contributed by atoms with Crippen LogP contribution in [-0.2, 0) is 6.54 Å². The highest BCUT2D eigenvalue weighted by Gasteiger charge is 2.04. The van der Waals surface area contributed by atoms with Crippen LogP contribution < -0.4 is 11.1 Å². The van der Waals surface area contributed by atoms with Gasteiger partial charge in [-0.1, -0.05) is 30.0 Å². The van der Waals surface area contributed by atoms with E-state index in [2.05, 4.69) is 17.2 Å². The minimum atomic E-state index is -0.0661. The van der Waals surface area contributed by atoms with Crippen molar-refractivity contribution in [1.82, 2.24) is 5.32 Å². The minimum absolute atomic E-state index is 0.0661. The number of thiophene rings is 1. The van der Waals surface area contributed by atoms with E-state index in [-0.39, 0.29) is 5.91 Å². The molecule has 2 rings (SSSR count). The molecule has 4 heteroatoms. The van der Waals surface area contributed by atoms with Crippen LogP contribution in [0.5, 0.6) is 0 Å². The summed E-state index contributed by atoms with van der Waals surface area (Å²) in [6.45, 7) is 0.876. The number of carbonyl (C=O) groups is 1. The topological polar surface area (TPSA) is 55.1 Å². The van der Waals surface area contributed by atoms with Gasteiger partial charge in [0.15, 0.2) is 0 Å². The summed E-state index contributed by atoms with van der Waals surface area (Å²) in [5.74, 6) is 5.72. The summed E-state index contributed by atoms with van der Waals surface area (Å²) in [5.41, 5.74) is 5.99. The van der Waals surface area contributed by atoms with Crippen LogP contribution in [0.3, 0.4) is 0 Å². The Labute approximate surface area is 116 Å². The molecular formula is C15H14N2OS. The third-order valence-electron chi connectivity index (χ3n) is 2.43. The molecule has 1 aromatic carbocycles. The van der Waals surface area contributed by atoms with Crippen LogP contribution in [0.15, 0.2) is 42.5 Å². The van der Waals surface area contributed by atoms with E-state index in [4.69, 9.17) is 5.73 Å². The first-order valence-corrected chi connectivity index (χ1v) is 6.72.